The van der Waals surface area contributed by atoms with Crippen LogP contribution in [0.4, 0.5) is 5.82 Å². The fraction of sp³-hybridized carbons (Fsp3) is 0.400. The van der Waals surface area contributed by atoms with Gasteiger partial charge < -0.3 is 5.32 Å². The maximum absolute atomic E-state index is 4.77. The lowest BCUT2D eigenvalue weighted by molar-refractivity contribution is 0.689. The smallest absolute Gasteiger partial charge is 0.126 e. The van der Waals surface area contributed by atoms with E-state index in [1.54, 1.807) is 0 Å². The second-order valence-corrected chi connectivity index (χ2v) is 4.71. The molecular formula is C15H18N2. The van der Waals surface area contributed by atoms with Crippen molar-refractivity contribution in [1.29, 1.82) is 0 Å². The number of fused-ring (bicyclic) bond motifs is 3. The van der Waals surface area contributed by atoms with Gasteiger partial charge in [-0.3, -0.25) is 0 Å². The van der Waals surface area contributed by atoms with Crippen LogP contribution in [-0.2, 0) is 12.8 Å². The zero-order valence-electron chi connectivity index (χ0n) is 10.3. The normalized spacial score (nSPS) is 14.6. The maximum Gasteiger partial charge on any atom is 0.126 e. The van der Waals surface area contributed by atoms with E-state index in [1.165, 1.54) is 47.7 Å². The molecule has 0 atom stereocenters. The first-order valence-electron chi connectivity index (χ1n) is 6.54. The molecule has 88 valence electrons. The molecule has 0 saturated carbocycles. The molecular weight excluding hydrogens is 208 g/mol. The van der Waals surface area contributed by atoms with Crippen LogP contribution in [0.5, 0.6) is 0 Å². The van der Waals surface area contributed by atoms with Crippen LogP contribution < -0.4 is 5.32 Å². The number of nitrogens with one attached hydrogen (secondary N) is 1. The molecule has 1 aliphatic carbocycles. The van der Waals surface area contributed by atoms with Crippen molar-refractivity contribution in [3.63, 3.8) is 0 Å². The summed E-state index contributed by atoms with van der Waals surface area (Å²) in [7, 11) is 0. The monoisotopic (exact) mass is 226 g/mol. The lowest BCUT2D eigenvalue weighted by Crippen LogP contribution is -2.05. The Balaban J connectivity index is 2.17. The lowest BCUT2D eigenvalue weighted by atomic mass is 9.90. The Morgan fingerprint density at radius 1 is 1.12 bits per heavy atom. The van der Waals surface area contributed by atoms with Gasteiger partial charge in [0, 0.05) is 11.9 Å². The molecule has 0 saturated heterocycles. The average Bonchev–Trinajstić information content (AvgIpc) is 2.39. The van der Waals surface area contributed by atoms with E-state index < -0.39 is 0 Å². The highest BCUT2D eigenvalue weighted by Gasteiger charge is 2.13. The lowest BCUT2D eigenvalue weighted by Gasteiger charge is -2.17. The summed E-state index contributed by atoms with van der Waals surface area (Å²) in [4.78, 5) is 4.77. The SMILES string of the molecule is CCNc1ccc2ccc3c(c2n1)CCCC3. The predicted octanol–water partition coefficient (Wildman–Crippen LogP) is 3.55. The molecule has 1 aliphatic rings. The van der Waals surface area contributed by atoms with Gasteiger partial charge in [-0.15, -0.1) is 0 Å². The van der Waals surface area contributed by atoms with Crippen LogP contribution in [0.15, 0.2) is 24.3 Å². The van der Waals surface area contributed by atoms with Crippen molar-refractivity contribution < 1.29 is 0 Å². The summed E-state index contributed by atoms with van der Waals surface area (Å²) >= 11 is 0. The number of aryl methyl sites for hydroxylation is 2. The molecule has 1 N–H and O–H groups in total. The Morgan fingerprint density at radius 3 is 2.82 bits per heavy atom. The molecule has 0 unspecified atom stereocenters. The van der Waals surface area contributed by atoms with Gasteiger partial charge in [0.2, 0.25) is 0 Å². The van der Waals surface area contributed by atoms with Crippen LogP contribution in [0.25, 0.3) is 10.9 Å². The minimum Gasteiger partial charge on any atom is -0.370 e. The second kappa shape index (κ2) is 4.36. The number of hydrogen-bond donors (Lipinski definition) is 1. The van der Waals surface area contributed by atoms with Gasteiger partial charge in [0.15, 0.2) is 0 Å². The molecule has 2 aromatic rings. The van der Waals surface area contributed by atoms with Gasteiger partial charge in [-0.25, -0.2) is 4.98 Å². The third-order valence-electron chi connectivity index (χ3n) is 3.54. The summed E-state index contributed by atoms with van der Waals surface area (Å²) in [5, 5.41) is 4.57. The Morgan fingerprint density at radius 2 is 1.94 bits per heavy atom. The first-order valence-corrected chi connectivity index (χ1v) is 6.54. The highest BCUT2D eigenvalue weighted by molar-refractivity contribution is 5.84. The van der Waals surface area contributed by atoms with E-state index >= 15 is 0 Å². The average molecular weight is 226 g/mol. The molecule has 0 amide bonds. The van der Waals surface area contributed by atoms with E-state index in [2.05, 4.69) is 36.5 Å². The van der Waals surface area contributed by atoms with Crippen molar-refractivity contribution in [3.05, 3.63) is 35.4 Å². The fourth-order valence-corrected chi connectivity index (χ4v) is 2.70. The van der Waals surface area contributed by atoms with Crippen molar-refractivity contribution in [3.8, 4) is 0 Å². The Bertz CT molecular complexity index is 546. The number of aromatic nitrogens is 1. The van der Waals surface area contributed by atoms with E-state index in [0.717, 1.165) is 12.4 Å². The molecule has 0 radical (unpaired) electrons. The van der Waals surface area contributed by atoms with Crippen molar-refractivity contribution in [2.24, 2.45) is 0 Å². The molecule has 0 bridgehead atoms. The molecule has 0 spiro atoms. The largest absolute Gasteiger partial charge is 0.370 e. The number of nitrogens with zero attached hydrogens (tertiary/aromatic N) is 1. The Kier molecular flexibility index (Phi) is 2.71. The van der Waals surface area contributed by atoms with Crippen LogP contribution in [0.2, 0.25) is 0 Å². The van der Waals surface area contributed by atoms with Gasteiger partial charge >= 0.3 is 0 Å². The summed E-state index contributed by atoms with van der Waals surface area (Å²) in [6, 6.07) is 8.74. The summed E-state index contributed by atoms with van der Waals surface area (Å²) in [5.74, 6) is 0.999. The summed E-state index contributed by atoms with van der Waals surface area (Å²) in [5.41, 5.74) is 4.19. The zero-order chi connectivity index (χ0) is 11.7. The Hall–Kier alpha value is -1.57. The third-order valence-corrected chi connectivity index (χ3v) is 3.54. The van der Waals surface area contributed by atoms with Crippen LogP contribution in [0, 0.1) is 0 Å². The molecule has 0 fully saturated rings. The van der Waals surface area contributed by atoms with E-state index in [-0.39, 0.29) is 0 Å². The molecule has 3 rings (SSSR count). The van der Waals surface area contributed by atoms with Gasteiger partial charge in [0.1, 0.15) is 5.82 Å². The number of benzene rings is 1. The molecule has 1 heterocycles. The highest BCUT2D eigenvalue weighted by atomic mass is 15.0. The topological polar surface area (TPSA) is 24.9 Å². The highest BCUT2D eigenvalue weighted by Crippen LogP contribution is 2.28. The number of pyridine rings is 1. The van der Waals surface area contributed by atoms with Crippen LogP contribution in [-0.4, -0.2) is 11.5 Å². The minimum atomic E-state index is 0.924. The predicted molar refractivity (Wildman–Crippen MR) is 72.5 cm³/mol. The van der Waals surface area contributed by atoms with E-state index in [1.807, 2.05) is 0 Å². The minimum absolute atomic E-state index is 0.924. The van der Waals surface area contributed by atoms with E-state index in [0.29, 0.717) is 0 Å². The quantitative estimate of drug-likeness (QED) is 0.847. The number of rotatable bonds is 2. The van der Waals surface area contributed by atoms with Crippen molar-refractivity contribution in [2.45, 2.75) is 32.6 Å². The zero-order valence-corrected chi connectivity index (χ0v) is 10.3. The third kappa shape index (κ3) is 1.88. The molecule has 2 heteroatoms. The van der Waals surface area contributed by atoms with Gasteiger partial charge in [-0.05, 0) is 55.9 Å². The first-order chi connectivity index (χ1) is 8.38. The molecule has 17 heavy (non-hydrogen) atoms. The van der Waals surface area contributed by atoms with Gasteiger partial charge in [-0.1, -0.05) is 12.1 Å². The van der Waals surface area contributed by atoms with Crippen LogP contribution in [0.1, 0.15) is 30.9 Å². The molecule has 2 nitrogen and oxygen atoms in total. The standard InChI is InChI=1S/C15H18N2/c1-2-16-14-10-9-12-8-7-11-5-3-4-6-13(11)15(12)17-14/h7-10H,2-6H2,1H3,(H,16,17). The Labute approximate surface area is 102 Å². The fourth-order valence-electron chi connectivity index (χ4n) is 2.70. The van der Waals surface area contributed by atoms with Crippen LogP contribution in [0.3, 0.4) is 0 Å². The first kappa shape index (κ1) is 10.6. The number of anilines is 1. The van der Waals surface area contributed by atoms with Crippen molar-refractivity contribution >= 4 is 16.7 Å². The maximum atomic E-state index is 4.77. The van der Waals surface area contributed by atoms with Crippen molar-refractivity contribution in [1.82, 2.24) is 4.98 Å². The summed E-state index contributed by atoms with van der Waals surface area (Å²) in [6.45, 7) is 3.03. The molecule has 0 aliphatic heterocycles. The van der Waals surface area contributed by atoms with Gasteiger partial charge in [0.05, 0.1) is 5.52 Å². The van der Waals surface area contributed by atoms with Crippen LogP contribution >= 0.6 is 0 Å². The number of hydrogen-bond acceptors (Lipinski definition) is 2. The van der Waals surface area contributed by atoms with E-state index in [9.17, 15) is 0 Å². The van der Waals surface area contributed by atoms with Crippen molar-refractivity contribution in [2.75, 3.05) is 11.9 Å². The van der Waals surface area contributed by atoms with Gasteiger partial charge in [-0.2, -0.15) is 0 Å². The molecule has 1 aromatic carbocycles. The summed E-state index contributed by atoms with van der Waals surface area (Å²) < 4.78 is 0. The second-order valence-electron chi connectivity index (χ2n) is 4.71. The van der Waals surface area contributed by atoms with Gasteiger partial charge in [0.25, 0.3) is 0 Å². The van der Waals surface area contributed by atoms with E-state index in [4.69, 9.17) is 4.98 Å². The summed E-state index contributed by atoms with van der Waals surface area (Å²) in [6.07, 6.45) is 5.04. The molecule has 1 aromatic heterocycles.